The summed E-state index contributed by atoms with van der Waals surface area (Å²) >= 11 is 0. The van der Waals surface area contributed by atoms with Crippen molar-refractivity contribution in [3.05, 3.63) is 12.8 Å². The standard InChI is InChI=1S/C21H39NO3/c1-3-5-6-7-8-9-10-11-12-13-14-15-16-17-18-19-20(23)22(4-2)21(24)25/h4H,2-3,5-19H2,1H3,(H,24,25). The SMILES string of the molecule is C=CN(C(=O)O)C(=O)CCCCCCCCCCCCCCCCC. The van der Waals surface area contributed by atoms with Gasteiger partial charge in [0.25, 0.3) is 0 Å². The third-order valence-corrected chi connectivity index (χ3v) is 4.65. The molecule has 0 radical (unpaired) electrons. The first-order valence-corrected chi connectivity index (χ1v) is 10.3. The number of imide groups is 1. The smallest absolute Gasteiger partial charge is 0.418 e. The molecule has 0 saturated carbocycles. The van der Waals surface area contributed by atoms with E-state index in [1.165, 1.54) is 77.0 Å². The van der Waals surface area contributed by atoms with Crippen LogP contribution >= 0.6 is 0 Å². The Bertz CT molecular complexity index is 355. The highest BCUT2D eigenvalue weighted by atomic mass is 16.4. The van der Waals surface area contributed by atoms with Gasteiger partial charge in [0.2, 0.25) is 5.91 Å². The second kappa shape index (κ2) is 17.5. The average molecular weight is 354 g/mol. The fourth-order valence-corrected chi connectivity index (χ4v) is 3.05. The van der Waals surface area contributed by atoms with Gasteiger partial charge in [-0.2, -0.15) is 0 Å². The Morgan fingerprint density at radius 2 is 1.12 bits per heavy atom. The van der Waals surface area contributed by atoms with Gasteiger partial charge in [0.1, 0.15) is 0 Å². The van der Waals surface area contributed by atoms with Crippen molar-refractivity contribution < 1.29 is 14.7 Å². The van der Waals surface area contributed by atoms with Crippen LogP contribution in [0.25, 0.3) is 0 Å². The molecule has 4 heteroatoms. The van der Waals surface area contributed by atoms with Gasteiger partial charge < -0.3 is 5.11 Å². The fourth-order valence-electron chi connectivity index (χ4n) is 3.05. The molecule has 0 rings (SSSR count). The Morgan fingerprint density at radius 1 is 0.760 bits per heavy atom. The van der Waals surface area contributed by atoms with E-state index >= 15 is 0 Å². The van der Waals surface area contributed by atoms with Gasteiger partial charge in [-0.15, -0.1) is 0 Å². The van der Waals surface area contributed by atoms with Gasteiger partial charge in [-0.1, -0.05) is 103 Å². The molecule has 0 aromatic carbocycles. The van der Waals surface area contributed by atoms with Crippen molar-refractivity contribution >= 4 is 12.0 Å². The molecule has 0 spiro atoms. The number of nitrogens with zero attached hydrogens (tertiary/aromatic N) is 1. The van der Waals surface area contributed by atoms with Gasteiger partial charge in [-0.05, 0) is 6.42 Å². The van der Waals surface area contributed by atoms with Gasteiger partial charge in [0, 0.05) is 12.6 Å². The fraction of sp³-hybridized carbons (Fsp3) is 0.810. The van der Waals surface area contributed by atoms with Crippen molar-refractivity contribution in [1.29, 1.82) is 0 Å². The topological polar surface area (TPSA) is 57.6 Å². The number of rotatable bonds is 17. The van der Waals surface area contributed by atoms with Crippen LogP contribution in [0.5, 0.6) is 0 Å². The molecule has 2 amide bonds. The maximum absolute atomic E-state index is 11.6. The lowest BCUT2D eigenvalue weighted by molar-refractivity contribution is -0.127. The zero-order valence-corrected chi connectivity index (χ0v) is 16.3. The second-order valence-corrected chi connectivity index (χ2v) is 6.93. The first kappa shape index (κ1) is 23.7. The number of unbranched alkanes of at least 4 members (excludes halogenated alkanes) is 14. The summed E-state index contributed by atoms with van der Waals surface area (Å²) in [7, 11) is 0. The quantitative estimate of drug-likeness (QED) is 0.289. The van der Waals surface area contributed by atoms with Crippen molar-refractivity contribution in [2.45, 2.75) is 110 Å². The summed E-state index contributed by atoms with van der Waals surface area (Å²) in [5.41, 5.74) is 0. The summed E-state index contributed by atoms with van der Waals surface area (Å²) in [6, 6.07) is 0. The van der Waals surface area contributed by atoms with Gasteiger partial charge >= 0.3 is 6.09 Å². The maximum Gasteiger partial charge on any atom is 0.418 e. The highest BCUT2D eigenvalue weighted by Crippen LogP contribution is 2.14. The summed E-state index contributed by atoms with van der Waals surface area (Å²) in [6.07, 6.45) is 19.2. The summed E-state index contributed by atoms with van der Waals surface area (Å²) in [5.74, 6) is -0.378. The number of hydrogen-bond donors (Lipinski definition) is 1. The Hall–Kier alpha value is -1.32. The number of amides is 2. The molecular formula is C21H39NO3. The Kier molecular flexibility index (Phi) is 16.6. The van der Waals surface area contributed by atoms with E-state index in [0.717, 1.165) is 25.5 Å². The molecule has 4 nitrogen and oxygen atoms in total. The van der Waals surface area contributed by atoms with Crippen LogP contribution in [-0.2, 0) is 4.79 Å². The van der Waals surface area contributed by atoms with Crippen molar-refractivity contribution in [3.8, 4) is 0 Å². The lowest BCUT2D eigenvalue weighted by Crippen LogP contribution is -2.30. The van der Waals surface area contributed by atoms with Crippen molar-refractivity contribution in [2.24, 2.45) is 0 Å². The van der Waals surface area contributed by atoms with Crippen LogP contribution < -0.4 is 0 Å². The largest absolute Gasteiger partial charge is 0.464 e. The summed E-state index contributed by atoms with van der Waals surface area (Å²) in [5, 5.41) is 8.80. The van der Waals surface area contributed by atoms with E-state index in [9.17, 15) is 9.59 Å². The van der Waals surface area contributed by atoms with Gasteiger partial charge in [0.15, 0.2) is 0 Å². The highest BCUT2D eigenvalue weighted by molar-refractivity contribution is 5.92. The summed E-state index contributed by atoms with van der Waals surface area (Å²) in [4.78, 5) is 23.1. The first-order chi connectivity index (χ1) is 12.1. The normalized spacial score (nSPS) is 10.6. The van der Waals surface area contributed by atoms with Gasteiger partial charge in [-0.25, -0.2) is 9.69 Å². The van der Waals surface area contributed by atoms with E-state index < -0.39 is 6.09 Å². The predicted molar refractivity (Wildman–Crippen MR) is 105 cm³/mol. The van der Waals surface area contributed by atoms with Crippen LogP contribution in [0, 0.1) is 0 Å². The summed E-state index contributed by atoms with van der Waals surface area (Å²) < 4.78 is 0. The van der Waals surface area contributed by atoms with E-state index in [4.69, 9.17) is 5.11 Å². The first-order valence-electron chi connectivity index (χ1n) is 10.3. The molecule has 0 bridgehead atoms. The number of carbonyl (C=O) groups is 2. The van der Waals surface area contributed by atoms with Gasteiger partial charge in [0.05, 0.1) is 0 Å². The van der Waals surface area contributed by atoms with Crippen molar-refractivity contribution in [1.82, 2.24) is 4.90 Å². The highest BCUT2D eigenvalue weighted by Gasteiger charge is 2.16. The molecule has 0 saturated heterocycles. The lowest BCUT2D eigenvalue weighted by Gasteiger charge is -2.11. The van der Waals surface area contributed by atoms with Crippen LogP contribution in [0.4, 0.5) is 4.79 Å². The second-order valence-electron chi connectivity index (χ2n) is 6.93. The van der Waals surface area contributed by atoms with Crippen molar-refractivity contribution in [2.75, 3.05) is 0 Å². The molecule has 0 aliphatic heterocycles. The predicted octanol–water partition coefficient (Wildman–Crippen LogP) is 6.90. The Balaban J connectivity index is 3.27. The number of hydrogen-bond acceptors (Lipinski definition) is 2. The van der Waals surface area contributed by atoms with Crippen LogP contribution in [0.2, 0.25) is 0 Å². The molecule has 0 unspecified atom stereocenters. The van der Waals surface area contributed by atoms with E-state index in [2.05, 4.69) is 13.5 Å². The Labute approximate surface area is 154 Å². The van der Waals surface area contributed by atoms with Gasteiger partial charge in [-0.3, -0.25) is 4.79 Å². The zero-order valence-electron chi connectivity index (χ0n) is 16.3. The zero-order chi connectivity index (χ0) is 18.8. The third kappa shape index (κ3) is 14.7. The van der Waals surface area contributed by atoms with E-state index in [-0.39, 0.29) is 12.3 Å². The van der Waals surface area contributed by atoms with E-state index in [1.54, 1.807) is 0 Å². The molecule has 0 heterocycles. The van der Waals surface area contributed by atoms with Crippen LogP contribution in [-0.4, -0.2) is 22.0 Å². The third-order valence-electron chi connectivity index (χ3n) is 4.65. The molecular weight excluding hydrogens is 314 g/mol. The van der Waals surface area contributed by atoms with Crippen molar-refractivity contribution in [3.63, 3.8) is 0 Å². The molecule has 0 atom stereocenters. The maximum atomic E-state index is 11.6. The van der Waals surface area contributed by atoms with Crippen LogP contribution in [0.1, 0.15) is 110 Å². The molecule has 0 aromatic heterocycles. The molecule has 1 N–H and O–H groups in total. The molecule has 0 aliphatic rings. The van der Waals surface area contributed by atoms with Crippen LogP contribution in [0.3, 0.4) is 0 Å². The monoisotopic (exact) mass is 353 g/mol. The van der Waals surface area contributed by atoms with E-state index in [0.29, 0.717) is 4.90 Å². The average Bonchev–Trinajstić information content (AvgIpc) is 2.58. The molecule has 25 heavy (non-hydrogen) atoms. The minimum absolute atomic E-state index is 0.288. The molecule has 146 valence electrons. The minimum atomic E-state index is -1.25. The summed E-state index contributed by atoms with van der Waals surface area (Å²) in [6.45, 7) is 5.61. The number of carbonyl (C=O) groups excluding carboxylic acids is 1. The molecule has 0 aliphatic carbocycles. The lowest BCUT2D eigenvalue weighted by atomic mass is 10.0. The molecule has 0 aromatic rings. The molecule has 0 fully saturated rings. The number of carboxylic acid groups (broad SMARTS) is 1. The minimum Gasteiger partial charge on any atom is -0.464 e. The van der Waals surface area contributed by atoms with Crippen LogP contribution in [0.15, 0.2) is 12.8 Å². The van der Waals surface area contributed by atoms with E-state index in [1.807, 2.05) is 0 Å². The Morgan fingerprint density at radius 3 is 1.44 bits per heavy atom.